The Balaban J connectivity index is 1.50. The number of aryl methyl sites for hydroxylation is 1. The third-order valence-electron chi connectivity index (χ3n) is 7.46. The van der Waals surface area contributed by atoms with Gasteiger partial charge in [-0.25, -0.2) is 4.90 Å². The lowest BCUT2D eigenvalue weighted by Crippen LogP contribution is -2.49. The maximum absolute atomic E-state index is 14.0. The molecular formula is C28H20BrN3O5. The summed E-state index contributed by atoms with van der Waals surface area (Å²) in [7, 11) is 0. The molecule has 4 atom stereocenters. The van der Waals surface area contributed by atoms with E-state index in [2.05, 4.69) is 15.9 Å². The predicted octanol–water partition coefficient (Wildman–Crippen LogP) is 4.94. The van der Waals surface area contributed by atoms with Gasteiger partial charge in [-0.05, 0) is 36.2 Å². The number of ketones is 1. The first-order valence-corrected chi connectivity index (χ1v) is 12.6. The molecule has 184 valence electrons. The number of rotatable bonds is 4. The Morgan fingerprint density at radius 1 is 0.946 bits per heavy atom. The Kier molecular flexibility index (Phi) is 5.34. The average molecular weight is 558 g/mol. The number of para-hydroxylation sites is 1. The summed E-state index contributed by atoms with van der Waals surface area (Å²) >= 11 is 3.39. The summed E-state index contributed by atoms with van der Waals surface area (Å²) in [6.07, 6.45) is 3.79. The minimum Gasteiger partial charge on any atom is -0.352 e. The van der Waals surface area contributed by atoms with E-state index in [0.717, 1.165) is 20.6 Å². The van der Waals surface area contributed by atoms with Gasteiger partial charge in [0, 0.05) is 27.9 Å². The maximum atomic E-state index is 14.0. The summed E-state index contributed by atoms with van der Waals surface area (Å²) in [6, 6.07) is 17.2. The van der Waals surface area contributed by atoms with Crippen LogP contribution >= 0.6 is 15.9 Å². The van der Waals surface area contributed by atoms with Crippen molar-refractivity contribution in [2.24, 2.45) is 11.8 Å². The molecule has 0 unspecified atom stereocenters. The van der Waals surface area contributed by atoms with Crippen molar-refractivity contribution in [3.8, 4) is 0 Å². The van der Waals surface area contributed by atoms with Crippen LogP contribution in [0.4, 0.5) is 17.1 Å². The van der Waals surface area contributed by atoms with E-state index in [9.17, 15) is 24.5 Å². The van der Waals surface area contributed by atoms with Gasteiger partial charge in [0.2, 0.25) is 11.8 Å². The van der Waals surface area contributed by atoms with Gasteiger partial charge in [-0.15, -0.1) is 0 Å². The molecule has 0 spiro atoms. The van der Waals surface area contributed by atoms with E-state index in [1.807, 2.05) is 41.3 Å². The molecule has 2 fully saturated rings. The second-order valence-electron chi connectivity index (χ2n) is 9.42. The minimum absolute atomic E-state index is 0.181. The Hall–Kier alpha value is -4.11. The first-order chi connectivity index (χ1) is 17.8. The number of anilines is 2. The molecule has 0 aliphatic carbocycles. The van der Waals surface area contributed by atoms with E-state index in [0.29, 0.717) is 11.1 Å². The number of amides is 2. The zero-order valence-corrected chi connectivity index (χ0v) is 21.2. The molecule has 0 aromatic heterocycles. The van der Waals surface area contributed by atoms with Crippen molar-refractivity contribution in [3.63, 3.8) is 0 Å². The second-order valence-corrected chi connectivity index (χ2v) is 10.3. The zero-order chi connectivity index (χ0) is 26.0. The molecule has 8 nitrogen and oxygen atoms in total. The van der Waals surface area contributed by atoms with Crippen molar-refractivity contribution >= 4 is 56.7 Å². The zero-order valence-electron chi connectivity index (χ0n) is 19.6. The number of halogens is 1. The predicted molar refractivity (Wildman–Crippen MR) is 141 cm³/mol. The van der Waals surface area contributed by atoms with Crippen molar-refractivity contribution < 1.29 is 19.3 Å². The largest absolute Gasteiger partial charge is 0.352 e. The Morgan fingerprint density at radius 3 is 2.38 bits per heavy atom. The molecule has 0 N–H and O–H groups in total. The lowest BCUT2D eigenvalue weighted by molar-refractivity contribution is -0.384. The van der Waals surface area contributed by atoms with Crippen molar-refractivity contribution in [1.29, 1.82) is 0 Å². The van der Waals surface area contributed by atoms with Gasteiger partial charge in [0.25, 0.3) is 5.69 Å². The van der Waals surface area contributed by atoms with Gasteiger partial charge >= 0.3 is 0 Å². The van der Waals surface area contributed by atoms with Gasteiger partial charge in [0.15, 0.2) is 5.78 Å². The lowest BCUT2D eigenvalue weighted by atomic mass is 9.86. The fourth-order valence-corrected chi connectivity index (χ4v) is 6.05. The molecule has 3 heterocycles. The van der Waals surface area contributed by atoms with Crippen LogP contribution in [0.25, 0.3) is 6.08 Å². The lowest BCUT2D eigenvalue weighted by Gasteiger charge is -2.36. The number of carbonyl (C=O) groups excluding carboxylic acids is 3. The molecular weight excluding hydrogens is 538 g/mol. The minimum atomic E-state index is -0.942. The summed E-state index contributed by atoms with van der Waals surface area (Å²) in [6.45, 7) is 1.70. The highest BCUT2D eigenvalue weighted by atomic mass is 79.9. The van der Waals surface area contributed by atoms with Crippen LogP contribution in [-0.4, -0.2) is 34.6 Å². The molecule has 2 saturated heterocycles. The SMILES string of the molecule is Cc1ccc([N+](=O)[O-])cc1N1C(=O)[C@@H]2[C@H](C1=O)[C@@H](C(=O)c1ccc(Br)cc1)N1c3ccccc3C=C[C@@H]21. The highest BCUT2D eigenvalue weighted by molar-refractivity contribution is 9.10. The number of benzene rings is 3. The van der Waals surface area contributed by atoms with E-state index in [1.54, 1.807) is 31.2 Å². The number of nitro benzene ring substituents is 1. The number of fused-ring (bicyclic) bond motifs is 5. The van der Waals surface area contributed by atoms with Crippen LogP contribution in [0.5, 0.6) is 0 Å². The third-order valence-corrected chi connectivity index (χ3v) is 7.99. The van der Waals surface area contributed by atoms with Crippen LogP contribution in [0.3, 0.4) is 0 Å². The molecule has 0 radical (unpaired) electrons. The molecule has 0 bridgehead atoms. The van der Waals surface area contributed by atoms with Crippen molar-refractivity contribution in [2.45, 2.75) is 19.0 Å². The van der Waals surface area contributed by atoms with Crippen molar-refractivity contribution in [1.82, 2.24) is 0 Å². The van der Waals surface area contributed by atoms with E-state index in [-0.39, 0.29) is 17.2 Å². The number of carbonyl (C=O) groups is 3. The third kappa shape index (κ3) is 3.45. The number of nitrogens with zero attached hydrogens (tertiary/aromatic N) is 3. The van der Waals surface area contributed by atoms with E-state index < -0.39 is 40.7 Å². The maximum Gasteiger partial charge on any atom is 0.271 e. The molecule has 37 heavy (non-hydrogen) atoms. The Labute approximate surface area is 220 Å². The second kappa shape index (κ2) is 8.48. The summed E-state index contributed by atoms with van der Waals surface area (Å²) in [5.74, 6) is -2.98. The van der Waals surface area contributed by atoms with E-state index >= 15 is 0 Å². The van der Waals surface area contributed by atoms with Crippen molar-refractivity contribution in [3.05, 3.63) is 104 Å². The number of hydrogen-bond donors (Lipinski definition) is 0. The number of imide groups is 1. The first kappa shape index (κ1) is 23.3. The van der Waals surface area contributed by atoms with E-state index in [1.165, 1.54) is 18.2 Å². The molecule has 9 heteroatoms. The Bertz CT molecular complexity index is 1530. The molecule has 2 amide bonds. The average Bonchev–Trinajstić information content (AvgIpc) is 3.37. The summed E-state index contributed by atoms with van der Waals surface area (Å²) in [5, 5.41) is 11.4. The van der Waals surface area contributed by atoms with Crippen molar-refractivity contribution in [2.75, 3.05) is 9.80 Å². The highest BCUT2D eigenvalue weighted by Crippen LogP contribution is 2.50. The Morgan fingerprint density at radius 2 is 1.65 bits per heavy atom. The molecule has 6 rings (SSSR count). The smallest absolute Gasteiger partial charge is 0.271 e. The molecule has 3 aromatic rings. The van der Waals surface area contributed by atoms with E-state index in [4.69, 9.17) is 0 Å². The fourth-order valence-electron chi connectivity index (χ4n) is 5.79. The number of Topliss-reactive ketones (excluding diaryl/α,β-unsaturated/α-hetero) is 1. The quantitative estimate of drug-likeness (QED) is 0.195. The van der Waals surface area contributed by atoms with Gasteiger partial charge in [0.05, 0.1) is 28.5 Å². The van der Waals surface area contributed by atoms with Gasteiger partial charge < -0.3 is 4.90 Å². The summed E-state index contributed by atoms with van der Waals surface area (Å²) in [5.41, 5.74) is 2.65. The molecule has 3 aromatic carbocycles. The summed E-state index contributed by atoms with van der Waals surface area (Å²) in [4.78, 5) is 55.7. The van der Waals surface area contributed by atoms with Crippen LogP contribution in [-0.2, 0) is 9.59 Å². The fraction of sp³-hybridized carbons (Fsp3) is 0.179. The number of nitro groups is 1. The number of non-ortho nitro benzene ring substituents is 1. The summed E-state index contributed by atoms with van der Waals surface area (Å²) < 4.78 is 0.817. The van der Waals surface area contributed by atoms with Crippen LogP contribution in [0.2, 0.25) is 0 Å². The first-order valence-electron chi connectivity index (χ1n) is 11.8. The van der Waals surface area contributed by atoms with Crippen LogP contribution in [0.15, 0.2) is 77.3 Å². The topological polar surface area (TPSA) is 101 Å². The monoisotopic (exact) mass is 557 g/mol. The van der Waals surface area contributed by atoms with Crippen LogP contribution in [0, 0.1) is 28.9 Å². The molecule has 3 aliphatic heterocycles. The van der Waals surface area contributed by atoms with Crippen LogP contribution < -0.4 is 9.80 Å². The van der Waals surface area contributed by atoms with Gasteiger partial charge in [-0.2, -0.15) is 0 Å². The normalized spacial score (nSPS) is 23.6. The standard InChI is InChI=1S/C28H20BrN3O5/c1-15-6-12-19(32(36)37)14-22(15)31-27(34)23-21-13-9-16-4-2-3-5-20(16)30(21)25(24(23)28(31)35)26(33)17-7-10-18(29)11-8-17/h2-14,21,23-25H,1H3/t21-,23-,24-,25-/m0/s1. The van der Waals surface area contributed by atoms with Crippen LogP contribution in [0.1, 0.15) is 21.5 Å². The van der Waals surface area contributed by atoms with Gasteiger partial charge in [-0.1, -0.05) is 64.5 Å². The van der Waals surface area contributed by atoms with Gasteiger partial charge in [-0.3, -0.25) is 24.5 Å². The molecule has 0 saturated carbocycles. The highest BCUT2D eigenvalue weighted by Gasteiger charge is 2.64. The van der Waals surface area contributed by atoms with Gasteiger partial charge in [0.1, 0.15) is 6.04 Å². The number of hydrogen-bond acceptors (Lipinski definition) is 6. The molecule has 3 aliphatic rings.